The van der Waals surface area contributed by atoms with Crippen molar-refractivity contribution >= 4 is 16.0 Å². The number of rotatable bonds is 40. The molecule has 0 saturated heterocycles. The van der Waals surface area contributed by atoms with E-state index in [1.54, 1.807) is 0 Å². The van der Waals surface area contributed by atoms with Crippen LogP contribution in [0.2, 0.25) is 0 Å². The quantitative estimate of drug-likeness (QED) is 0.0280. The maximum absolute atomic E-state index is 12.6. The SMILES string of the molecule is CCCCCC/C=C\CCCCCCCCC(O)C(=O)NC(CS(=O)(=O)O)C(O)/C=C/CCCCCCCCCCCCCCCCCCCCC. The Hall–Kier alpha value is -1.22. The van der Waals surface area contributed by atoms with Crippen LogP contribution in [0.5, 0.6) is 0 Å². The third kappa shape index (κ3) is 37.1. The molecule has 52 heavy (non-hydrogen) atoms. The molecule has 0 radical (unpaired) electrons. The van der Waals surface area contributed by atoms with E-state index in [0.717, 1.165) is 44.9 Å². The zero-order chi connectivity index (χ0) is 38.4. The van der Waals surface area contributed by atoms with Crippen molar-refractivity contribution in [3.63, 3.8) is 0 Å². The highest BCUT2D eigenvalue weighted by molar-refractivity contribution is 7.85. The lowest BCUT2D eigenvalue weighted by atomic mass is 10.0. The van der Waals surface area contributed by atoms with Crippen LogP contribution in [-0.4, -0.2) is 53.1 Å². The summed E-state index contributed by atoms with van der Waals surface area (Å²) in [5.74, 6) is -1.54. The maximum Gasteiger partial charge on any atom is 0.267 e. The van der Waals surface area contributed by atoms with Gasteiger partial charge in [0.2, 0.25) is 5.91 Å². The number of carbonyl (C=O) groups is 1. The van der Waals surface area contributed by atoms with Crippen LogP contribution in [-0.2, 0) is 14.9 Å². The lowest BCUT2D eigenvalue weighted by Crippen LogP contribution is -2.50. The minimum absolute atomic E-state index is 0.274. The standard InChI is InChI=1S/C44H85NO6S/c1-3-5-7-9-11-13-15-17-19-20-21-22-23-24-25-27-28-30-32-34-36-38-42(46)41(40-52(49,50)51)45-44(48)43(47)39-37-35-33-31-29-26-18-16-14-12-10-8-6-4-2/h14,16,36,38,41-43,46-47H,3-13,15,17-35,37,39-40H2,1-2H3,(H,45,48)(H,49,50,51)/b16-14-,38-36+. The number of unbranched alkanes of at least 4 members (excludes halogenated alkanes) is 29. The molecule has 0 aliphatic carbocycles. The number of carbonyl (C=O) groups excluding carboxylic acids is 1. The maximum atomic E-state index is 12.6. The summed E-state index contributed by atoms with van der Waals surface area (Å²) in [5, 5.41) is 23.4. The van der Waals surface area contributed by atoms with Gasteiger partial charge < -0.3 is 15.5 Å². The highest BCUT2D eigenvalue weighted by atomic mass is 32.2. The predicted octanol–water partition coefficient (Wildman–Crippen LogP) is 12.1. The summed E-state index contributed by atoms with van der Waals surface area (Å²) < 4.78 is 32.6. The number of nitrogens with one attached hydrogen (secondary N) is 1. The third-order valence-corrected chi connectivity index (χ3v) is 11.0. The van der Waals surface area contributed by atoms with E-state index < -0.39 is 40.0 Å². The molecule has 0 heterocycles. The molecule has 0 aromatic rings. The Balaban J connectivity index is 3.97. The van der Waals surface area contributed by atoms with Gasteiger partial charge in [0.15, 0.2) is 0 Å². The summed E-state index contributed by atoms with van der Waals surface area (Å²) in [5.41, 5.74) is 0. The van der Waals surface area contributed by atoms with E-state index in [4.69, 9.17) is 0 Å². The van der Waals surface area contributed by atoms with Crippen LogP contribution in [0, 0.1) is 0 Å². The average molecular weight is 756 g/mol. The van der Waals surface area contributed by atoms with Crippen LogP contribution in [0.3, 0.4) is 0 Å². The van der Waals surface area contributed by atoms with Gasteiger partial charge in [-0.1, -0.05) is 205 Å². The summed E-state index contributed by atoms with van der Waals surface area (Å²) >= 11 is 0. The Morgan fingerprint density at radius 3 is 1.23 bits per heavy atom. The highest BCUT2D eigenvalue weighted by Gasteiger charge is 2.27. The fourth-order valence-electron chi connectivity index (χ4n) is 6.80. The molecular weight excluding hydrogens is 671 g/mol. The van der Waals surface area contributed by atoms with E-state index in [0.29, 0.717) is 6.42 Å². The molecule has 0 bridgehead atoms. The summed E-state index contributed by atoms with van der Waals surface area (Å²) in [6.07, 6.45) is 45.2. The molecule has 0 fully saturated rings. The molecule has 308 valence electrons. The molecule has 3 atom stereocenters. The fraction of sp³-hybridized carbons (Fsp3) is 0.886. The zero-order valence-electron chi connectivity index (χ0n) is 34.1. The third-order valence-electron chi connectivity index (χ3n) is 10.2. The first-order chi connectivity index (χ1) is 25.2. The molecule has 0 aromatic carbocycles. The first-order valence-corrected chi connectivity index (χ1v) is 23.8. The number of amides is 1. The van der Waals surface area contributed by atoms with Crippen LogP contribution in [0.4, 0.5) is 0 Å². The van der Waals surface area contributed by atoms with Crippen LogP contribution < -0.4 is 5.32 Å². The predicted molar refractivity (Wildman–Crippen MR) is 222 cm³/mol. The van der Waals surface area contributed by atoms with Gasteiger partial charge in [-0.05, 0) is 44.9 Å². The largest absolute Gasteiger partial charge is 0.387 e. The van der Waals surface area contributed by atoms with E-state index in [9.17, 15) is 28.0 Å². The van der Waals surface area contributed by atoms with Crippen LogP contribution in [0.15, 0.2) is 24.3 Å². The molecule has 1 amide bonds. The fourth-order valence-corrected chi connectivity index (χ4v) is 7.54. The van der Waals surface area contributed by atoms with Gasteiger partial charge >= 0.3 is 0 Å². The molecule has 0 saturated carbocycles. The van der Waals surface area contributed by atoms with Gasteiger partial charge in [-0.3, -0.25) is 9.35 Å². The van der Waals surface area contributed by atoms with Gasteiger partial charge in [0.1, 0.15) is 6.10 Å². The number of allylic oxidation sites excluding steroid dienone is 3. The molecule has 0 aliphatic heterocycles. The van der Waals surface area contributed by atoms with Crippen LogP contribution in [0.25, 0.3) is 0 Å². The molecular formula is C44H85NO6S. The topological polar surface area (TPSA) is 124 Å². The van der Waals surface area contributed by atoms with Crippen molar-refractivity contribution in [1.82, 2.24) is 5.32 Å². The normalized spacial score (nSPS) is 14.0. The Labute approximate surface area is 322 Å². The monoisotopic (exact) mass is 756 g/mol. The number of hydrogen-bond acceptors (Lipinski definition) is 5. The van der Waals surface area contributed by atoms with Gasteiger partial charge in [0, 0.05) is 0 Å². The van der Waals surface area contributed by atoms with E-state index >= 15 is 0 Å². The first-order valence-electron chi connectivity index (χ1n) is 22.1. The molecule has 7 nitrogen and oxygen atoms in total. The molecule has 3 unspecified atom stereocenters. The molecule has 0 spiro atoms. The Bertz CT molecular complexity index is 937. The zero-order valence-corrected chi connectivity index (χ0v) is 34.9. The van der Waals surface area contributed by atoms with Gasteiger partial charge in [-0.2, -0.15) is 8.42 Å². The molecule has 0 rings (SSSR count). The smallest absolute Gasteiger partial charge is 0.267 e. The van der Waals surface area contributed by atoms with E-state index in [1.165, 1.54) is 160 Å². The lowest BCUT2D eigenvalue weighted by molar-refractivity contribution is -0.130. The first kappa shape index (κ1) is 50.8. The Morgan fingerprint density at radius 2 is 0.846 bits per heavy atom. The van der Waals surface area contributed by atoms with Crippen molar-refractivity contribution in [1.29, 1.82) is 0 Å². The Morgan fingerprint density at radius 1 is 0.519 bits per heavy atom. The highest BCUT2D eigenvalue weighted by Crippen LogP contribution is 2.16. The van der Waals surface area contributed by atoms with E-state index in [2.05, 4.69) is 31.3 Å². The Kier molecular flexibility index (Phi) is 37.2. The van der Waals surface area contributed by atoms with Crippen molar-refractivity contribution in [2.24, 2.45) is 0 Å². The molecule has 8 heteroatoms. The van der Waals surface area contributed by atoms with Gasteiger partial charge in [-0.25, -0.2) is 0 Å². The minimum atomic E-state index is -4.44. The number of hydrogen-bond donors (Lipinski definition) is 4. The van der Waals surface area contributed by atoms with Crippen LogP contribution in [0.1, 0.15) is 226 Å². The average Bonchev–Trinajstić information content (AvgIpc) is 3.11. The van der Waals surface area contributed by atoms with Crippen molar-refractivity contribution in [2.45, 2.75) is 244 Å². The summed E-state index contributed by atoms with van der Waals surface area (Å²) in [6.45, 7) is 4.51. The number of aliphatic hydroxyl groups excluding tert-OH is 2. The second-order valence-electron chi connectivity index (χ2n) is 15.5. The van der Waals surface area contributed by atoms with Crippen molar-refractivity contribution in [3.8, 4) is 0 Å². The van der Waals surface area contributed by atoms with E-state index in [1.807, 2.05) is 6.08 Å². The molecule has 0 aliphatic rings. The van der Waals surface area contributed by atoms with Crippen molar-refractivity contribution < 1.29 is 28.0 Å². The lowest BCUT2D eigenvalue weighted by Gasteiger charge is -2.22. The number of aliphatic hydroxyl groups is 2. The minimum Gasteiger partial charge on any atom is -0.387 e. The van der Waals surface area contributed by atoms with Crippen molar-refractivity contribution in [2.75, 3.05) is 5.75 Å². The van der Waals surface area contributed by atoms with E-state index in [-0.39, 0.29) is 6.42 Å². The van der Waals surface area contributed by atoms with Gasteiger partial charge in [0.25, 0.3) is 10.1 Å². The molecule has 0 aromatic heterocycles. The molecule has 4 N–H and O–H groups in total. The van der Waals surface area contributed by atoms with Crippen molar-refractivity contribution in [3.05, 3.63) is 24.3 Å². The summed E-state index contributed by atoms with van der Waals surface area (Å²) in [4.78, 5) is 12.6. The summed E-state index contributed by atoms with van der Waals surface area (Å²) in [7, 11) is -4.44. The second-order valence-corrected chi connectivity index (χ2v) is 17.0. The second kappa shape index (κ2) is 38.1. The van der Waals surface area contributed by atoms with Gasteiger partial charge in [0.05, 0.1) is 17.9 Å². The summed E-state index contributed by atoms with van der Waals surface area (Å²) in [6, 6.07) is -1.23. The van der Waals surface area contributed by atoms with Crippen LogP contribution >= 0.6 is 0 Å². The van der Waals surface area contributed by atoms with Gasteiger partial charge in [-0.15, -0.1) is 0 Å².